The van der Waals surface area contributed by atoms with Gasteiger partial charge in [0.2, 0.25) is 0 Å². The summed E-state index contributed by atoms with van der Waals surface area (Å²) in [5.41, 5.74) is 5.72. The zero-order chi connectivity index (χ0) is 11.6. The largest absolute Gasteiger partial charge is 0.468 e. The summed E-state index contributed by atoms with van der Waals surface area (Å²) >= 11 is 0. The van der Waals surface area contributed by atoms with Gasteiger partial charge >= 0.3 is 5.97 Å². The molecule has 0 fully saturated rings. The lowest BCUT2D eigenvalue weighted by atomic mass is 10.1. The minimum absolute atomic E-state index is 0.265. The first-order valence-electron chi connectivity index (χ1n) is 4.70. The minimum Gasteiger partial charge on any atom is -0.468 e. The Balaban J connectivity index is 2.89. The molecular weight excluding hydrogens is 196 g/mol. The van der Waals surface area contributed by atoms with Gasteiger partial charge in [-0.05, 0) is 20.8 Å². The third-order valence-corrected chi connectivity index (χ3v) is 2.29. The number of rotatable bonds is 3. The molecule has 1 heterocycles. The first-order valence-corrected chi connectivity index (χ1v) is 4.70. The molecule has 0 aliphatic carbocycles. The monoisotopic (exact) mass is 212 g/mol. The molecule has 1 aromatic rings. The molecule has 0 spiro atoms. The van der Waals surface area contributed by atoms with Crippen molar-refractivity contribution < 1.29 is 9.53 Å². The Labute approximate surface area is 88.4 Å². The third-order valence-electron chi connectivity index (χ3n) is 2.29. The number of esters is 1. The summed E-state index contributed by atoms with van der Waals surface area (Å²) in [7, 11) is 1.31. The van der Waals surface area contributed by atoms with Crippen LogP contribution < -0.4 is 5.73 Å². The van der Waals surface area contributed by atoms with Gasteiger partial charge in [-0.2, -0.15) is 5.10 Å². The fraction of sp³-hybridized carbons (Fsp3) is 0.667. The lowest BCUT2D eigenvalue weighted by molar-refractivity contribution is -0.143. The average molecular weight is 212 g/mol. The predicted octanol–water partition coefficient (Wildman–Crippen LogP) is -0.0438. The molecule has 0 bridgehead atoms. The molecule has 0 radical (unpaired) electrons. The van der Waals surface area contributed by atoms with Crippen LogP contribution in [0.1, 0.15) is 24.6 Å². The molecular formula is C9H16N4O2. The Morgan fingerprint density at radius 1 is 1.53 bits per heavy atom. The second kappa shape index (κ2) is 4.39. The average Bonchev–Trinajstić information content (AvgIpc) is 2.54. The Hall–Kier alpha value is -1.43. The molecule has 2 atom stereocenters. The molecule has 2 unspecified atom stereocenters. The molecule has 84 valence electrons. The van der Waals surface area contributed by atoms with Crippen LogP contribution in [0.3, 0.4) is 0 Å². The van der Waals surface area contributed by atoms with E-state index in [0.29, 0.717) is 5.82 Å². The molecule has 1 rings (SSSR count). The van der Waals surface area contributed by atoms with Gasteiger partial charge in [-0.3, -0.25) is 4.79 Å². The van der Waals surface area contributed by atoms with Crippen LogP contribution in [0.25, 0.3) is 0 Å². The highest BCUT2D eigenvalue weighted by atomic mass is 16.5. The van der Waals surface area contributed by atoms with E-state index in [2.05, 4.69) is 14.8 Å². The van der Waals surface area contributed by atoms with Gasteiger partial charge in [-0.25, -0.2) is 9.67 Å². The molecule has 6 heteroatoms. The van der Waals surface area contributed by atoms with Crippen LogP contribution in [-0.2, 0) is 9.53 Å². The molecule has 0 saturated carbocycles. The van der Waals surface area contributed by atoms with Gasteiger partial charge < -0.3 is 10.5 Å². The summed E-state index contributed by atoms with van der Waals surface area (Å²) in [5, 5.41) is 4.17. The van der Waals surface area contributed by atoms with Crippen molar-refractivity contribution in [1.82, 2.24) is 14.8 Å². The Bertz CT molecular complexity index is 361. The zero-order valence-corrected chi connectivity index (χ0v) is 9.39. The van der Waals surface area contributed by atoms with Gasteiger partial charge in [0.25, 0.3) is 0 Å². The number of ether oxygens (including phenoxy) is 1. The van der Waals surface area contributed by atoms with Gasteiger partial charge in [-0.1, -0.05) is 0 Å². The summed E-state index contributed by atoms with van der Waals surface area (Å²) in [5.74, 6) is 0.950. The highest BCUT2D eigenvalue weighted by molar-refractivity contribution is 5.75. The van der Waals surface area contributed by atoms with Crippen molar-refractivity contribution in [2.24, 2.45) is 5.73 Å². The predicted molar refractivity (Wildman–Crippen MR) is 54.2 cm³/mol. The molecule has 0 saturated heterocycles. The zero-order valence-electron chi connectivity index (χ0n) is 9.39. The third kappa shape index (κ3) is 2.33. The Morgan fingerprint density at radius 2 is 2.13 bits per heavy atom. The standard InChI is InChI=1S/C9H16N4O2/c1-5(8(10)9(14)15-4)13-7(3)11-6(2)12-13/h5,8H,10H2,1-4H3. The number of hydrogen-bond acceptors (Lipinski definition) is 5. The second-order valence-electron chi connectivity index (χ2n) is 3.44. The Kier molecular flexibility index (Phi) is 3.41. The van der Waals surface area contributed by atoms with Crippen LogP contribution in [0.5, 0.6) is 0 Å². The van der Waals surface area contributed by atoms with Crippen molar-refractivity contribution in [3.05, 3.63) is 11.6 Å². The number of aryl methyl sites for hydroxylation is 2. The maximum Gasteiger partial charge on any atom is 0.324 e. The topological polar surface area (TPSA) is 83.0 Å². The molecule has 0 amide bonds. The van der Waals surface area contributed by atoms with E-state index in [1.54, 1.807) is 11.6 Å². The van der Waals surface area contributed by atoms with Crippen molar-refractivity contribution in [3.63, 3.8) is 0 Å². The fourth-order valence-corrected chi connectivity index (χ4v) is 1.41. The van der Waals surface area contributed by atoms with E-state index >= 15 is 0 Å². The van der Waals surface area contributed by atoms with Crippen LogP contribution in [0.4, 0.5) is 0 Å². The van der Waals surface area contributed by atoms with Gasteiger partial charge in [0.15, 0.2) is 0 Å². The number of methoxy groups -OCH3 is 1. The van der Waals surface area contributed by atoms with Crippen LogP contribution in [0, 0.1) is 13.8 Å². The molecule has 6 nitrogen and oxygen atoms in total. The van der Waals surface area contributed by atoms with E-state index in [0.717, 1.165) is 5.82 Å². The molecule has 0 aliphatic heterocycles. The molecule has 0 aliphatic rings. The molecule has 15 heavy (non-hydrogen) atoms. The van der Waals surface area contributed by atoms with Crippen molar-refractivity contribution in [3.8, 4) is 0 Å². The molecule has 1 aromatic heterocycles. The minimum atomic E-state index is -0.727. The van der Waals surface area contributed by atoms with E-state index in [4.69, 9.17) is 5.73 Å². The number of nitrogens with zero attached hydrogens (tertiary/aromatic N) is 3. The quantitative estimate of drug-likeness (QED) is 0.710. The van der Waals surface area contributed by atoms with Crippen LogP contribution in [0.15, 0.2) is 0 Å². The summed E-state index contributed by atoms with van der Waals surface area (Å²) in [6, 6.07) is -0.992. The Morgan fingerprint density at radius 3 is 2.53 bits per heavy atom. The van der Waals surface area contributed by atoms with E-state index in [1.165, 1.54) is 7.11 Å². The maximum absolute atomic E-state index is 11.2. The fourth-order valence-electron chi connectivity index (χ4n) is 1.41. The van der Waals surface area contributed by atoms with Gasteiger partial charge in [0.05, 0.1) is 13.2 Å². The first kappa shape index (κ1) is 11.6. The lowest BCUT2D eigenvalue weighted by Crippen LogP contribution is -2.39. The lowest BCUT2D eigenvalue weighted by Gasteiger charge is -2.18. The number of aromatic nitrogens is 3. The highest BCUT2D eigenvalue weighted by Gasteiger charge is 2.25. The highest BCUT2D eigenvalue weighted by Crippen LogP contribution is 2.11. The number of nitrogens with two attached hydrogens (primary N) is 1. The van der Waals surface area contributed by atoms with E-state index < -0.39 is 12.0 Å². The maximum atomic E-state index is 11.2. The summed E-state index contributed by atoms with van der Waals surface area (Å²) in [6.45, 7) is 5.42. The van der Waals surface area contributed by atoms with Crippen molar-refractivity contribution in [1.29, 1.82) is 0 Å². The second-order valence-corrected chi connectivity index (χ2v) is 3.44. The number of carbonyl (C=O) groups is 1. The number of carbonyl (C=O) groups excluding carboxylic acids is 1. The van der Waals surface area contributed by atoms with Gasteiger partial charge in [-0.15, -0.1) is 0 Å². The SMILES string of the molecule is COC(=O)C(N)C(C)n1nc(C)nc1C. The first-order chi connectivity index (χ1) is 6.97. The van der Waals surface area contributed by atoms with Gasteiger partial charge in [0, 0.05) is 0 Å². The summed E-state index contributed by atoms with van der Waals surface area (Å²) in [4.78, 5) is 15.4. The molecule has 0 aromatic carbocycles. The summed E-state index contributed by atoms with van der Waals surface area (Å²) in [6.07, 6.45) is 0. The number of hydrogen-bond donors (Lipinski definition) is 1. The van der Waals surface area contributed by atoms with E-state index in [1.807, 2.05) is 13.8 Å². The van der Waals surface area contributed by atoms with E-state index in [9.17, 15) is 4.79 Å². The smallest absolute Gasteiger partial charge is 0.324 e. The van der Waals surface area contributed by atoms with Crippen LogP contribution >= 0.6 is 0 Å². The van der Waals surface area contributed by atoms with Crippen molar-refractivity contribution in [2.75, 3.05) is 7.11 Å². The van der Waals surface area contributed by atoms with Gasteiger partial charge in [0.1, 0.15) is 17.7 Å². The van der Waals surface area contributed by atoms with Crippen LogP contribution in [-0.4, -0.2) is 33.9 Å². The van der Waals surface area contributed by atoms with Crippen molar-refractivity contribution >= 4 is 5.97 Å². The normalized spacial score (nSPS) is 14.7. The van der Waals surface area contributed by atoms with Crippen molar-refractivity contribution in [2.45, 2.75) is 32.9 Å². The van der Waals surface area contributed by atoms with Crippen LogP contribution in [0.2, 0.25) is 0 Å². The molecule has 2 N–H and O–H groups in total. The van der Waals surface area contributed by atoms with E-state index in [-0.39, 0.29) is 6.04 Å². The summed E-state index contributed by atoms with van der Waals surface area (Å²) < 4.78 is 6.21.